The smallest absolute Gasteiger partial charge is 0.222 e. The number of nitrogens with two attached hydrogens (primary N) is 1. The van der Waals surface area contributed by atoms with Crippen LogP contribution in [0, 0.1) is 11.8 Å². The number of amides is 1. The van der Waals surface area contributed by atoms with Crippen molar-refractivity contribution in [2.75, 3.05) is 24.6 Å². The van der Waals surface area contributed by atoms with E-state index in [4.69, 9.17) is 5.73 Å². The fourth-order valence-electron chi connectivity index (χ4n) is 2.80. The van der Waals surface area contributed by atoms with E-state index in [1.165, 1.54) is 0 Å². The number of likely N-dealkylation sites (tertiary alicyclic amines) is 1. The average molecular weight is 274 g/mol. The monoisotopic (exact) mass is 274 g/mol. The van der Waals surface area contributed by atoms with Gasteiger partial charge in [-0.15, -0.1) is 0 Å². The molecule has 18 heavy (non-hydrogen) atoms. The van der Waals surface area contributed by atoms with Crippen LogP contribution in [-0.2, 0) is 14.6 Å². The minimum absolute atomic E-state index is 0.0217. The standard InChI is InChI=1S/C12H22N2O3S/c1-9-7-14(4-2-11(9)13)12(15)6-10-3-5-18(16,17)8-10/h9-11H,2-8,13H2,1H3. The molecule has 0 spiro atoms. The number of sulfone groups is 1. The van der Waals surface area contributed by atoms with Gasteiger partial charge in [-0.3, -0.25) is 4.79 Å². The lowest BCUT2D eigenvalue weighted by Gasteiger charge is -2.35. The zero-order valence-electron chi connectivity index (χ0n) is 10.8. The van der Waals surface area contributed by atoms with E-state index in [1.807, 2.05) is 4.90 Å². The van der Waals surface area contributed by atoms with E-state index in [1.54, 1.807) is 0 Å². The molecule has 5 nitrogen and oxygen atoms in total. The van der Waals surface area contributed by atoms with Gasteiger partial charge in [-0.1, -0.05) is 6.92 Å². The quantitative estimate of drug-likeness (QED) is 0.769. The number of piperidine rings is 1. The molecular weight excluding hydrogens is 252 g/mol. The summed E-state index contributed by atoms with van der Waals surface area (Å²) in [5.74, 6) is 0.868. The predicted molar refractivity (Wildman–Crippen MR) is 69.7 cm³/mol. The van der Waals surface area contributed by atoms with Crippen LogP contribution in [-0.4, -0.2) is 49.9 Å². The van der Waals surface area contributed by atoms with Gasteiger partial charge in [0.1, 0.15) is 0 Å². The number of carbonyl (C=O) groups excluding carboxylic acids is 1. The van der Waals surface area contributed by atoms with Gasteiger partial charge >= 0.3 is 0 Å². The van der Waals surface area contributed by atoms with E-state index in [0.717, 1.165) is 6.42 Å². The molecule has 104 valence electrons. The van der Waals surface area contributed by atoms with Crippen molar-refractivity contribution < 1.29 is 13.2 Å². The van der Waals surface area contributed by atoms with Crippen molar-refractivity contribution in [1.82, 2.24) is 4.90 Å². The Kier molecular flexibility index (Phi) is 3.96. The van der Waals surface area contributed by atoms with E-state index in [2.05, 4.69) is 6.92 Å². The Hall–Kier alpha value is -0.620. The van der Waals surface area contributed by atoms with Crippen molar-refractivity contribution in [2.24, 2.45) is 17.6 Å². The summed E-state index contributed by atoms with van der Waals surface area (Å²) in [6, 6.07) is 0.181. The highest BCUT2D eigenvalue weighted by atomic mass is 32.2. The zero-order chi connectivity index (χ0) is 13.3. The van der Waals surface area contributed by atoms with Gasteiger partial charge in [0, 0.05) is 25.6 Å². The van der Waals surface area contributed by atoms with Gasteiger partial charge in [-0.2, -0.15) is 0 Å². The highest BCUT2D eigenvalue weighted by Gasteiger charge is 2.32. The van der Waals surface area contributed by atoms with Crippen molar-refractivity contribution in [2.45, 2.75) is 32.2 Å². The first-order chi connectivity index (χ1) is 8.37. The van der Waals surface area contributed by atoms with Gasteiger partial charge in [0.2, 0.25) is 5.91 Å². The SMILES string of the molecule is CC1CN(C(=O)CC2CCS(=O)(=O)C2)CCC1N. The van der Waals surface area contributed by atoms with Crippen LogP contribution in [0.4, 0.5) is 0 Å². The van der Waals surface area contributed by atoms with Crippen LogP contribution in [0.25, 0.3) is 0 Å². The summed E-state index contributed by atoms with van der Waals surface area (Å²) in [5.41, 5.74) is 5.92. The lowest BCUT2D eigenvalue weighted by atomic mass is 9.94. The molecule has 2 aliphatic rings. The minimum atomic E-state index is -2.88. The van der Waals surface area contributed by atoms with Crippen molar-refractivity contribution in [3.05, 3.63) is 0 Å². The summed E-state index contributed by atoms with van der Waals surface area (Å²) in [6.45, 7) is 3.48. The second-order valence-electron chi connectivity index (χ2n) is 5.74. The Morgan fingerprint density at radius 1 is 1.39 bits per heavy atom. The Labute approximate surface area is 109 Å². The summed E-state index contributed by atoms with van der Waals surface area (Å²) < 4.78 is 22.7. The lowest BCUT2D eigenvalue weighted by molar-refractivity contribution is -0.133. The van der Waals surface area contributed by atoms with Gasteiger partial charge in [0.25, 0.3) is 0 Å². The van der Waals surface area contributed by atoms with Gasteiger partial charge < -0.3 is 10.6 Å². The van der Waals surface area contributed by atoms with Gasteiger partial charge in [0.05, 0.1) is 11.5 Å². The highest BCUT2D eigenvalue weighted by Crippen LogP contribution is 2.24. The van der Waals surface area contributed by atoms with E-state index >= 15 is 0 Å². The Morgan fingerprint density at radius 2 is 2.11 bits per heavy atom. The molecule has 0 aliphatic carbocycles. The molecule has 2 fully saturated rings. The maximum Gasteiger partial charge on any atom is 0.222 e. The number of rotatable bonds is 2. The van der Waals surface area contributed by atoms with Crippen LogP contribution in [0.5, 0.6) is 0 Å². The average Bonchev–Trinajstić information content (AvgIpc) is 2.62. The van der Waals surface area contributed by atoms with E-state index in [-0.39, 0.29) is 29.4 Å². The molecule has 0 radical (unpaired) electrons. The maximum absolute atomic E-state index is 12.1. The van der Waals surface area contributed by atoms with Crippen LogP contribution in [0.3, 0.4) is 0 Å². The molecular formula is C12H22N2O3S. The van der Waals surface area contributed by atoms with Crippen LogP contribution < -0.4 is 5.73 Å². The Bertz CT molecular complexity index is 421. The fourth-order valence-corrected chi connectivity index (χ4v) is 4.66. The normalized spacial score (nSPS) is 35.7. The van der Waals surface area contributed by atoms with Gasteiger partial charge in [-0.25, -0.2) is 8.42 Å². The number of hydrogen-bond acceptors (Lipinski definition) is 4. The van der Waals surface area contributed by atoms with Crippen LogP contribution in [0.1, 0.15) is 26.2 Å². The zero-order valence-corrected chi connectivity index (χ0v) is 11.7. The summed E-state index contributed by atoms with van der Waals surface area (Å²) in [6.07, 6.45) is 1.86. The van der Waals surface area contributed by atoms with E-state index in [9.17, 15) is 13.2 Å². The van der Waals surface area contributed by atoms with E-state index in [0.29, 0.717) is 31.8 Å². The highest BCUT2D eigenvalue weighted by molar-refractivity contribution is 7.91. The molecule has 2 rings (SSSR count). The van der Waals surface area contributed by atoms with Crippen LogP contribution in [0.2, 0.25) is 0 Å². The van der Waals surface area contributed by atoms with Crippen molar-refractivity contribution >= 4 is 15.7 Å². The summed E-state index contributed by atoms with van der Waals surface area (Å²) in [4.78, 5) is 14.0. The molecule has 2 heterocycles. The lowest BCUT2D eigenvalue weighted by Crippen LogP contribution is -2.48. The molecule has 2 N–H and O–H groups in total. The number of nitrogens with zero attached hydrogens (tertiary/aromatic N) is 1. The first kappa shape index (κ1) is 13.8. The molecule has 0 aromatic carbocycles. The molecule has 3 unspecified atom stereocenters. The van der Waals surface area contributed by atoms with Crippen molar-refractivity contribution in [3.63, 3.8) is 0 Å². The number of hydrogen-bond donors (Lipinski definition) is 1. The molecule has 1 amide bonds. The van der Waals surface area contributed by atoms with Crippen molar-refractivity contribution in [1.29, 1.82) is 0 Å². The Morgan fingerprint density at radius 3 is 2.67 bits per heavy atom. The Balaban J connectivity index is 1.85. The molecule has 6 heteroatoms. The third-order valence-electron chi connectivity index (χ3n) is 4.11. The molecule has 2 saturated heterocycles. The summed E-state index contributed by atoms with van der Waals surface area (Å²) >= 11 is 0. The van der Waals surface area contributed by atoms with Crippen LogP contribution >= 0.6 is 0 Å². The third-order valence-corrected chi connectivity index (χ3v) is 5.95. The summed E-state index contributed by atoms with van der Waals surface area (Å²) in [7, 11) is -2.88. The molecule has 0 aromatic rings. The summed E-state index contributed by atoms with van der Waals surface area (Å²) in [5, 5.41) is 0. The molecule has 0 saturated carbocycles. The second kappa shape index (κ2) is 5.17. The van der Waals surface area contributed by atoms with Gasteiger partial charge in [-0.05, 0) is 24.7 Å². The van der Waals surface area contributed by atoms with Gasteiger partial charge in [0.15, 0.2) is 9.84 Å². The fraction of sp³-hybridized carbons (Fsp3) is 0.917. The maximum atomic E-state index is 12.1. The first-order valence-electron chi connectivity index (χ1n) is 6.61. The largest absolute Gasteiger partial charge is 0.342 e. The van der Waals surface area contributed by atoms with Crippen LogP contribution in [0.15, 0.2) is 0 Å². The molecule has 2 aliphatic heterocycles. The van der Waals surface area contributed by atoms with E-state index < -0.39 is 9.84 Å². The third kappa shape index (κ3) is 3.23. The molecule has 0 bridgehead atoms. The predicted octanol–water partition coefficient (Wildman–Crippen LogP) is 0.00690. The minimum Gasteiger partial charge on any atom is -0.342 e. The molecule has 3 atom stereocenters. The first-order valence-corrected chi connectivity index (χ1v) is 8.43. The second-order valence-corrected chi connectivity index (χ2v) is 7.97. The molecule has 0 aromatic heterocycles. The topological polar surface area (TPSA) is 80.5 Å². The number of carbonyl (C=O) groups is 1. The van der Waals surface area contributed by atoms with Crippen molar-refractivity contribution in [3.8, 4) is 0 Å².